The van der Waals surface area contributed by atoms with Crippen molar-refractivity contribution >= 4 is 27.5 Å². The first-order valence-corrected chi connectivity index (χ1v) is 4.45. The highest BCUT2D eigenvalue weighted by molar-refractivity contribution is 9.08. The molecule has 0 aliphatic heterocycles. The van der Waals surface area contributed by atoms with Gasteiger partial charge in [0.25, 0.3) is 0 Å². The molecule has 0 atom stereocenters. The summed E-state index contributed by atoms with van der Waals surface area (Å²) in [5, 5.41) is -0.203. The second-order valence-corrected chi connectivity index (χ2v) is 3.03. The first kappa shape index (κ1) is 9.86. The Kier molecular flexibility index (Phi) is 3.01. The van der Waals surface area contributed by atoms with Gasteiger partial charge in [0.1, 0.15) is 0 Å². The van der Waals surface area contributed by atoms with Crippen molar-refractivity contribution in [3.05, 3.63) is 34.1 Å². The third kappa shape index (κ3) is 1.59. The topological polar surface area (TPSA) is 0 Å². The molecule has 0 unspecified atom stereocenters. The zero-order valence-corrected chi connectivity index (χ0v) is 8.02. The van der Waals surface area contributed by atoms with Gasteiger partial charge in [-0.05, 0) is 11.6 Å². The molecule has 12 heavy (non-hydrogen) atoms. The summed E-state index contributed by atoms with van der Waals surface area (Å²) in [4.78, 5) is 0. The number of hydrogen-bond acceptors (Lipinski definition) is 0. The minimum Gasteiger partial charge on any atom is -0.204 e. The van der Waals surface area contributed by atoms with Crippen molar-refractivity contribution in [2.24, 2.45) is 0 Å². The summed E-state index contributed by atoms with van der Waals surface area (Å²) in [5.41, 5.74) is 0.188. The van der Waals surface area contributed by atoms with E-state index in [2.05, 4.69) is 15.9 Å². The minimum atomic E-state index is -1.54. The van der Waals surface area contributed by atoms with Gasteiger partial charge in [0, 0.05) is 5.33 Å². The normalized spacial score (nSPS) is 10.4. The average Bonchev–Trinajstić information content (AvgIpc) is 2.08. The second kappa shape index (κ2) is 3.66. The van der Waals surface area contributed by atoms with E-state index < -0.39 is 17.5 Å². The molecule has 0 saturated heterocycles. The minimum absolute atomic E-state index is 0.181. The van der Waals surface area contributed by atoms with Gasteiger partial charge < -0.3 is 0 Å². The Morgan fingerprint density at radius 3 is 2.33 bits per heavy atom. The molecule has 5 heteroatoms. The SMILES string of the molecule is Fc1cc(CBr)c(Cl)c(F)c1F. The highest BCUT2D eigenvalue weighted by atomic mass is 79.9. The highest BCUT2D eigenvalue weighted by Gasteiger charge is 2.15. The van der Waals surface area contributed by atoms with Crippen LogP contribution in [0.1, 0.15) is 5.56 Å². The maximum atomic E-state index is 12.7. The van der Waals surface area contributed by atoms with Crippen LogP contribution in [-0.2, 0) is 5.33 Å². The monoisotopic (exact) mass is 258 g/mol. The number of alkyl halides is 1. The first-order valence-electron chi connectivity index (χ1n) is 2.95. The summed E-state index contributed by atoms with van der Waals surface area (Å²) in [6.07, 6.45) is 0. The number of benzene rings is 1. The molecule has 0 aliphatic carbocycles. The van der Waals surface area contributed by atoms with Crippen molar-refractivity contribution in [3.8, 4) is 0 Å². The standard InChI is InChI=1S/C7H3BrClF3/c8-2-3-1-4(10)6(11)7(12)5(3)9/h1H,2H2. The summed E-state index contributed by atoms with van der Waals surface area (Å²) in [6, 6.07) is 0.857. The fraction of sp³-hybridized carbons (Fsp3) is 0.143. The van der Waals surface area contributed by atoms with Gasteiger partial charge in [-0.3, -0.25) is 0 Å². The van der Waals surface area contributed by atoms with Gasteiger partial charge in [-0.2, -0.15) is 0 Å². The summed E-state index contributed by atoms with van der Waals surface area (Å²) in [7, 11) is 0. The molecule has 0 aromatic heterocycles. The number of halogens is 5. The lowest BCUT2D eigenvalue weighted by Crippen LogP contribution is -1.95. The van der Waals surface area contributed by atoms with Crippen LogP contribution in [0.3, 0.4) is 0 Å². The summed E-state index contributed by atoms with van der Waals surface area (Å²) in [6.45, 7) is 0. The molecule has 1 rings (SSSR count). The lowest BCUT2D eigenvalue weighted by Gasteiger charge is -2.02. The van der Waals surface area contributed by atoms with Crippen LogP contribution in [0, 0.1) is 17.5 Å². The largest absolute Gasteiger partial charge is 0.204 e. The Bertz CT molecular complexity index is 314. The maximum Gasteiger partial charge on any atom is 0.195 e. The molecule has 66 valence electrons. The number of hydrogen-bond donors (Lipinski definition) is 0. The zero-order chi connectivity index (χ0) is 9.30. The Labute approximate surface area is 80.5 Å². The molecule has 0 spiro atoms. The Morgan fingerprint density at radius 2 is 1.83 bits per heavy atom. The van der Waals surface area contributed by atoms with Crippen LogP contribution in [0.4, 0.5) is 13.2 Å². The van der Waals surface area contributed by atoms with Crippen molar-refractivity contribution in [2.45, 2.75) is 5.33 Å². The smallest absolute Gasteiger partial charge is 0.195 e. The molecule has 0 saturated carbocycles. The van der Waals surface area contributed by atoms with Gasteiger partial charge in [-0.1, -0.05) is 27.5 Å². The molecule has 0 nitrogen and oxygen atoms in total. The molecule has 1 aromatic rings. The lowest BCUT2D eigenvalue weighted by molar-refractivity contribution is 0.446. The van der Waals surface area contributed by atoms with Gasteiger partial charge in [-0.15, -0.1) is 0 Å². The van der Waals surface area contributed by atoms with Gasteiger partial charge in [-0.25, -0.2) is 13.2 Å². The van der Waals surface area contributed by atoms with Gasteiger partial charge in [0.2, 0.25) is 0 Å². The van der Waals surface area contributed by atoms with Crippen LogP contribution in [0.15, 0.2) is 6.07 Å². The molecule has 0 N–H and O–H groups in total. The summed E-state index contributed by atoms with van der Waals surface area (Å²) in [5.74, 6) is -4.11. The van der Waals surface area contributed by atoms with E-state index in [4.69, 9.17) is 11.6 Å². The fourth-order valence-corrected chi connectivity index (χ4v) is 1.53. The second-order valence-electron chi connectivity index (χ2n) is 2.09. The Balaban J connectivity index is 3.39. The van der Waals surface area contributed by atoms with E-state index in [9.17, 15) is 13.2 Å². The maximum absolute atomic E-state index is 12.7. The average molecular weight is 259 g/mol. The molecule has 0 bridgehead atoms. The highest BCUT2D eigenvalue weighted by Crippen LogP contribution is 2.26. The summed E-state index contributed by atoms with van der Waals surface area (Å²) >= 11 is 8.32. The van der Waals surface area contributed by atoms with E-state index in [1.165, 1.54) is 0 Å². The molecular weight excluding hydrogens is 256 g/mol. The van der Waals surface area contributed by atoms with E-state index in [1.807, 2.05) is 0 Å². The quantitative estimate of drug-likeness (QED) is 0.410. The molecule has 0 aliphatic rings. The van der Waals surface area contributed by atoms with Crippen molar-refractivity contribution in [1.29, 1.82) is 0 Å². The zero-order valence-electron chi connectivity index (χ0n) is 5.67. The molecule has 0 amide bonds. The van der Waals surface area contributed by atoms with E-state index in [1.54, 1.807) is 0 Å². The van der Waals surface area contributed by atoms with Crippen molar-refractivity contribution in [2.75, 3.05) is 0 Å². The van der Waals surface area contributed by atoms with Crippen LogP contribution in [0.25, 0.3) is 0 Å². The van der Waals surface area contributed by atoms with Crippen LogP contribution in [-0.4, -0.2) is 0 Å². The van der Waals surface area contributed by atoms with Gasteiger partial charge in [0.15, 0.2) is 17.5 Å². The van der Waals surface area contributed by atoms with E-state index in [0.717, 1.165) is 6.07 Å². The van der Waals surface area contributed by atoms with Crippen LogP contribution >= 0.6 is 27.5 Å². The van der Waals surface area contributed by atoms with Crippen molar-refractivity contribution < 1.29 is 13.2 Å². The lowest BCUT2D eigenvalue weighted by atomic mass is 10.2. The van der Waals surface area contributed by atoms with Gasteiger partial charge in [0.05, 0.1) is 5.02 Å². The Morgan fingerprint density at radius 1 is 1.25 bits per heavy atom. The van der Waals surface area contributed by atoms with Crippen molar-refractivity contribution in [1.82, 2.24) is 0 Å². The molecule has 1 aromatic carbocycles. The van der Waals surface area contributed by atoms with Crippen LogP contribution in [0.2, 0.25) is 5.02 Å². The third-order valence-corrected chi connectivity index (χ3v) is 2.33. The predicted molar refractivity (Wildman–Crippen MR) is 44.0 cm³/mol. The molecule has 0 heterocycles. The fourth-order valence-electron chi connectivity index (χ4n) is 0.719. The van der Waals surface area contributed by atoms with E-state index in [0.29, 0.717) is 0 Å². The van der Waals surface area contributed by atoms with E-state index >= 15 is 0 Å². The molecule has 0 fully saturated rings. The van der Waals surface area contributed by atoms with E-state index in [-0.39, 0.29) is 15.9 Å². The van der Waals surface area contributed by atoms with Crippen LogP contribution in [0.5, 0.6) is 0 Å². The Hall–Kier alpha value is -0.220. The van der Waals surface area contributed by atoms with Crippen LogP contribution < -0.4 is 0 Å². The third-order valence-electron chi connectivity index (χ3n) is 1.32. The first-order chi connectivity index (χ1) is 5.57. The predicted octanol–water partition coefficient (Wildman–Crippen LogP) is 3.65. The number of rotatable bonds is 1. The molecular formula is C7H3BrClF3. The molecule has 0 radical (unpaired) electrons. The van der Waals surface area contributed by atoms with Gasteiger partial charge >= 0.3 is 0 Å². The van der Waals surface area contributed by atoms with Crippen molar-refractivity contribution in [3.63, 3.8) is 0 Å². The summed E-state index contributed by atoms with van der Waals surface area (Å²) < 4.78 is 37.6.